The number of hydrogen-bond donors (Lipinski definition) is 2. The number of likely N-dealkylation sites (tertiary alicyclic amines) is 1. The van der Waals surface area contributed by atoms with Crippen LogP contribution in [0.3, 0.4) is 0 Å². The highest BCUT2D eigenvalue weighted by Gasteiger charge is 2.48. The van der Waals surface area contributed by atoms with Gasteiger partial charge in [-0.15, -0.1) is 0 Å². The van der Waals surface area contributed by atoms with E-state index in [1.165, 1.54) is 17.8 Å². The number of rotatable bonds is 2. The molecule has 3 rings (SSSR count). The fourth-order valence-corrected chi connectivity index (χ4v) is 4.12. The number of H-pyrrole nitrogens is 1. The summed E-state index contributed by atoms with van der Waals surface area (Å²) < 4.78 is 1.19. The van der Waals surface area contributed by atoms with E-state index in [1.807, 2.05) is 6.92 Å². The molecule has 1 saturated heterocycles. The Morgan fingerprint density at radius 1 is 1.43 bits per heavy atom. The van der Waals surface area contributed by atoms with E-state index in [2.05, 4.69) is 4.98 Å². The molecule has 1 aromatic rings. The minimum absolute atomic E-state index is 0.0224. The largest absolute Gasteiger partial charge is 0.390 e. The van der Waals surface area contributed by atoms with Gasteiger partial charge in [-0.25, -0.2) is 4.79 Å². The number of carbonyl (C=O) groups is 1. The van der Waals surface area contributed by atoms with Crippen LogP contribution in [-0.4, -0.2) is 44.2 Å². The van der Waals surface area contributed by atoms with Gasteiger partial charge in [-0.3, -0.25) is 14.6 Å². The van der Waals surface area contributed by atoms with Gasteiger partial charge in [0, 0.05) is 32.3 Å². The topological polar surface area (TPSA) is 95.4 Å². The Balaban J connectivity index is 1.87. The first kappa shape index (κ1) is 16.0. The Morgan fingerprint density at radius 3 is 2.87 bits per heavy atom. The lowest BCUT2D eigenvalue weighted by Gasteiger charge is -2.40. The molecule has 23 heavy (non-hydrogen) atoms. The van der Waals surface area contributed by atoms with Crippen molar-refractivity contribution in [2.75, 3.05) is 13.1 Å². The van der Waals surface area contributed by atoms with Gasteiger partial charge in [-0.1, -0.05) is 13.3 Å². The Kier molecular flexibility index (Phi) is 3.91. The van der Waals surface area contributed by atoms with E-state index in [0.29, 0.717) is 19.5 Å². The van der Waals surface area contributed by atoms with E-state index >= 15 is 0 Å². The summed E-state index contributed by atoms with van der Waals surface area (Å²) in [7, 11) is 1.49. The molecule has 0 radical (unpaired) electrons. The summed E-state index contributed by atoms with van der Waals surface area (Å²) in [4.78, 5) is 39.8. The molecule has 7 nitrogen and oxygen atoms in total. The van der Waals surface area contributed by atoms with Crippen molar-refractivity contribution < 1.29 is 9.90 Å². The number of hydrogen-bond acceptors (Lipinski definition) is 4. The zero-order chi connectivity index (χ0) is 16.8. The van der Waals surface area contributed by atoms with E-state index in [9.17, 15) is 19.5 Å². The Bertz CT molecular complexity index is 738. The Labute approximate surface area is 133 Å². The fourth-order valence-electron chi connectivity index (χ4n) is 4.12. The van der Waals surface area contributed by atoms with Crippen molar-refractivity contribution in [2.24, 2.45) is 18.9 Å². The quantitative estimate of drug-likeness (QED) is 0.807. The molecule has 0 bridgehead atoms. The van der Waals surface area contributed by atoms with Gasteiger partial charge in [0.05, 0.1) is 5.60 Å². The molecule has 1 saturated carbocycles. The molecular formula is C16H23N3O4. The minimum atomic E-state index is -0.714. The van der Waals surface area contributed by atoms with Gasteiger partial charge in [-0.05, 0) is 25.2 Å². The lowest BCUT2D eigenvalue weighted by Crippen LogP contribution is -2.45. The van der Waals surface area contributed by atoms with E-state index < -0.39 is 16.9 Å². The van der Waals surface area contributed by atoms with Gasteiger partial charge in [-0.2, -0.15) is 0 Å². The molecule has 2 fully saturated rings. The van der Waals surface area contributed by atoms with Crippen molar-refractivity contribution in [2.45, 2.75) is 38.2 Å². The molecule has 2 N–H and O–H groups in total. The summed E-state index contributed by atoms with van der Waals surface area (Å²) in [6.45, 7) is 3.01. The second kappa shape index (κ2) is 5.63. The SMILES string of the molecule is CC[C@]1(O)CCC[C@H]2CN(C(=O)c3cn(C)c(=O)[nH]c3=O)C[C@H]21. The molecule has 3 atom stereocenters. The summed E-state index contributed by atoms with van der Waals surface area (Å²) >= 11 is 0. The number of nitrogens with zero attached hydrogens (tertiary/aromatic N) is 2. The molecule has 1 aliphatic heterocycles. The molecule has 7 heteroatoms. The van der Waals surface area contributed by atoms with E-state index in [4.69, 9.17) is 0 Å². The molecule has 0 spiro atoms. The highest BCUT2D eigenvalue weighted by Crippen LogP contribution is 2.44. The van der Waals surface area contributed by atoms with Gasteiger partial charge in [0.15, 0.2) is 0 Å². The van der Waals surface area contributed by atoms with Crippen molar-refractivity contribution in [3.05, 3.63) is 32.6 Å². The molecule has 1 aromatic heterocycles. The van der Waals surface area contributed by atoms with E-state index in [0.717, 1.165) is 19.3 Å². The van der Waals surface area contributed by atoms with Crippen LogP contribution >= 0.6 is 0 Å². The number of amides is 1. The highest BCUT2D eigenvalue weighted by molar-refractivity contribution is 5.93. The lowest BCUT2D eigenvalue weighted by molar-refractivity contribution is -0.0609. The van der Waals surface area contributed by atoms with Crippen molar-refractivity contribution >= 4 is 5.91 Å². The van der Waals surface area contributed by atoms with Gasteiger partial charge < -0.3 is 14.6 Å². The molecule has 0 aromatic carbocycles. The minimum Gasteiger partial charge on any atom is -0.390 e. The maximum absolute atomic E-state index is 12.7. The van der Waals surface area contributed by atoms with Crippen LogP contribution in [0, 0.1) is 11.8 Å². The number of aromatic nitrogens is 2. The third-order valence-electron chi connectivity index (χ3n) is 5.55. The first-order chi connectivity index (χ1) is 10.9. The van der Waals surface area contributed by atoms with Gasteiger partial charge in [0.25, 0.3) is 11.5 Å². The number of carbonyl (C=O) groups excluding carboxylic acids is 1. The van der Waals surface area contributed by atoms with Crippen molar-refractivity contribution in [1.82, 2.24) is 14.5 Å². The van der Waals surface area contributed by atoms with Crippen LogP contribution in [0.1, 0.15) is 43.0 Å². The molecule has 2 aliphatic rings. The number of fused-ring (bicyclic) bond motifs is 1. The Hall–Kier alpha value is -1.89. The summed E-state index contributed by atoms with van der Waals surface area (Å²) in [5, 5.41) is 10.8. The van der Waals surface area contributed by atoms with Gasteiger partial charge in [0.1, 0.15) is 5.56 Å². The van der Waals surface area contributed by atoms with Crippen molar-refractivity contribution in [1.29, 1.82) is 0 Å². The molecule has 2 heterocycles. The predicted octanol–water partition coefficient (Wildman–Crippen LogP) is 0.0868. The monoisotopic (exact) mass is 321 g/mol. The van der Waals surface area contributed by atoms with Gasteiger partial charge in [0.2, 0.25) is 0 Å². The first-order valence-electron chi connectivity index (χ1n) is 8.17. The average molecular weight is 321 g/mol. The molecule has 126 valence electrons. The molecule has 0 unspecified atom stereocenters. The first-order valence-corrected chi connectivity index (χ1v) is 8.17. The van der Waals surface area contributed by atoms with Crippen LogP contribution < -0.4 is 11.2 Å². The highest BCUT2D eigenvalue weighted by atomic mass is 16.3. The zero-order valence-electron chi connectivity index (χ0n) is 13.5. The zero-order valence-corrected chi connectivity index (χ0v) is 13.5. The second-order valence-corrected chi connectivity index (χ2v) is 6.84. The second-order valence-electron chi connectivity index (χ2n) is 6.84. The van der Waals surface area contributed by atoms with Crippen LogP contribution in [0.5, 0.6) is 0 Å². The van der Waals surface area contributed by atoms with Crippen LogP contribution in [0.4, 0.5) is 0 Å². The van der Waals surface area contributed by atoms with E-state index in [1.54, 1.807) is 4.90 Å². The Morgan fingerprint density at radius 2 is 2.17 bits per heavy atom. The van der Waals surface area contributed by atoms with Gasteiger partial charge >= 0.3 is 5.69 Å². The third-order valence-corrected chi connectivity index (χ3v) is 5.55. The molecular weight excluding hydrogens is 298 g/mol. The maximum Gasteiger partial charge on any atom is 0.328 e. The van der Waals surface area contributed by atoms with E-state index in [-0.39, 0.29) is 23.3 Å². The average Bonchev–Trinajstić information content (AvgIpc) is 2.96. The number of nitrogens with one attached hydrogen (secondary N) is 1. The number of aliphatic hydroxyl groups is 1. The predicted molar refractivity (Wildman–Crippen MR) is 84.3 cm³/mol. The van der Waals surface area contributed by atoms with Crippen LogP contribution in [0.2, 0.25) is 0 Å². The summed E-state index contributed by atoms with van der Waals surface area (Å²) in [5.74, 6) is -0.0178. The smallest absolute Gasteiger partial charge is 0.328 e. The summed E-state index contributed by atoms with van der Waals surface area (Å²) in [6.07, 6.45) is 4.70. The molecule has 1 aliphatic carbocycles. The lowest BCUT2D eigenvalue weighted by atomic mass is 9.69. The number of aryl methyl sites for hydroxylation is 1. The number of aromatic amines is 1. The third kappa shape index (κ3) is 2.63. The van der Waals surface area contributed by atoms with Crippen LogP contribution in [-0.2, 0) is 7.05 Å². The summed E-state index contributed by atoms with van der Waals surface area (Å²) in [6, 6.07) is 0. The maximum atomic E-state index is 12.7. The standard InChI is InChI=1S/C16H23N3O4/c1-3-16(23)6-4-5-10-7-19(9-12(10)16)14(21)11-8-18(2)15(22)17-13(11)20/h8,10,12,23H,3-7,9H2,1-2H3,(H,17,20,22)/t10-,12+,16-/m0/s1. The normalized spacial score (nSPS) is 30.3. The van der Waals surface area contributed by atoms with Crippen LogP contribution in [0.15, 0.2) is 15.8 Å². The van der Waals surface area contributed by atoms with Crippen molar-refractivity contribution in [3.63, 3.8) is 0 Å². The van der Waals surface area contributed by atoms with Crippen LogP contribution in [0.25, 0.3) is 0 Å². The fraction of sp³-hybridized carbons (Fsp3) is 0.688. The molecule has 1 amide bonds. The summed E-state index contributed by atoms with van der Waals surface area (Å²) in [5.41, 5.74) is -1.93. The van der Waals surface area contributed by atoms with Crippen molar-refractivity contribution in [3.8, 4) is 0 Å².